The van der Waals surface area contributed by atoms with Gasteiger partial charge in [-0.05, 0) is 42.2 Å². The van der Waals surface area contributed by atoms with Gasteiger partial charge in [0.25, 0.3) is 0 Å². The van der Waals surface area contributed by atoms with Crippen molar-refractivity contribution in [1.29, 1.82) is 0 Å². The number of benzene rings is 2. The van der Waals surface area contributed by atoms with Crippen LogP contribution in [0.4, 0.5) is 9.18 Å². The average Bonchev–Trinajstić information content (AvgIpc) is 2.63. The maximum Gasteiger partial charge on any atom is 0.318 e. The fraction of sp³-hybridized carbons (Fsp3) is 0.250. The monoisotopic (exact) mass is 324 g/mol. The summed E-state index contributed by atoms with van der Waals surface area (Å²) < 4.78 is 13.0. The molecule has 2 aromatic carbocycles. The molecule has 1 aliphatic heterocycles. The van der Waals surface area contributed by atoms with Crippen LogP contribution >= 0.6 is 0 Å². The molecule has 4 heteroatoms. The van der Waals surface area contributed by atoms with Crippen LogP contribution in [0.15, 0.2) is 60.7 Å². The summed E-state index contributed by atoms with van der Waals surface area (Å²) in [5.41, 5.74) is 3.39. The second-order valence-electron chi connectivity index (χ2n) is 6.01. The Labute approximate surface area is 141 Å². The number of carbonyl (C=O) groups is 1. The normalized spacial score (nSPS) is 15.6. The van der Waals surface area contributed by atoms with E-state index in [9.17, 15) is 9.18 Å². The molecule has 0 radical (unpaired) electrons. The summed E-state index contributed by atoms with van der Waals surface area (Å²) in [7, 11) is 0. The van der Waals surface area contributed by atoms with Gasteiger partial charge in [-0.1, -0.05) is 48.5 Å². The van der Waals surface area contributed by atoms with Crippen LogP contribution in [0.2, 0.25) is 0 Å². The Bertz CT molecular complexity index is 725. The van der Waals surface area contributed by atoms with Crippen molar-refractivity contribution in [2.75, 3.05) is 13.1 Å². The van der Waals surface area contributed by atoms with Crippen molar-refractivity contribution in [3.63, 3.8) is 0 Å². The third-order valence-corrected chi connectivity index (χ3v) is 4.35. The molecule has 0 fully saturated rings. The summed E-state index contributed by atoms with van der Waals surface area (Å²) in [4.78, 5) is 14.2. The Morgan fingerprint density at radius 1 is 1.12 bits per heavy atom. The molecule has 0 aromatic heterocycles. The number of rotatable bonds is 3. The molecule has 0 bridgehead atoms. The number of carbonyl (C=O) groups excluding carboxylic acids is 1. The molecule has 24 heavy (non-hydrogen) atoms. The first-order valence-corrected chi connectivity index (χ1v) is 8.19. The van der Waals surface area contributed by atoms with E-state index in [1.165, 1.54) is 23.3 Å². The van der Waals surface area contributed by atoms with Crippen molar-refractivity contribution in [2.24, 2.45) is 0 Å². The van der Waals surface area contributed by atoms with Gasteiger partial charge in [-0.25, -0.2) is 9.18 Å². The molecular formula is C20H21FN2O. The molecule has 2 amide bonds. The number of hydrogen-bond donors (Lipinski definition) is 1. The van der Waals surface area contributed by atoms with E-state index in [4.69, 9.17) is 0 Å². The van der Waals surface area contributed by atoms with E-state index in [2.05, 4.69) is 23.5 Å². The third-order valence-electron chi connectivity index (χ3n) is 4.35. The zero-order valence-electron chi connectivity index (χ0n) is 13.7. The highest BCUT2D eigenvalue weighted by molar-refractivity contribution is 5.77. The van der Waals surface area contributed by atoms with Crippen molar-refractivity contribution >= 4 is 11.6 Å². The van der Waals surface area contributed by atoms with Gasteiger partial charge in [0.1, 0.15) is 5.82 Å². The predicted molar refractivity (Wildman–Crippen MR) is 94.0 cm³/mol. The van der Waals surface area contributed by atoms with E-state index in [1.54, 1.807) is 17.0 Å². The zero-order chi connectivity index (χ0) is 16.9. The van der Waals surface area contributed by atoms with Gasteiger partial charge >= 0.3 is 6.03 Å². The Morgan fingerprint density at radius 2 is 1.83 bits per heavy atom. The van der Waals surface area contributed by atoms with E-state index < -0.39 is 0 Å². The van der Waals surface area contributed by atoms with Crippen LogP contribution in [-0.2, 0) is 0 Å². The summed E-state index contributed by atoms with van der Waals surface area (Å²) in [6.45, 7) is 3.20. The van der Waals surface area contributed by atoms with Gasteiger partial charge in [0.2, 0.25) is 0 Å². The van der Waals surface area contributed by atoms with Crippen LogP contribution in [0.5, 0.6) is 0 Å². The Hall–Kier alpha value is -2.62. The molecule has 1 atom stereocenters. The van der Waals surface area contributed by atoms with Crippen molar-refractivity contribution < 1.29 is 9.18 Å². The highest BCUT2D eigenvalue weighted by atomic mass is 19.1. The lowest BCUT2D eigenvalue weighted by Crippen LogP contribution is -2.43. The molecular weight excluding hydrogens is 303 g/mol. The fourth-order valence-electron chi connectivity index (χ4n) is 2.88. The maximum absolute atomic E-state index is 13.0. The first kappa shape index (κ1) is 16.2. The first-order chi connectivity index (χ1) is 11.6. The number of nitrogens with one attached hydrogen (secondary N) is 1. The summed E-state index contributed by atoms with van der Waals surface area (Å²) in [5, 5.41) is 2.98. The largest absolute Gasteiger partial charge is 0.331 e. The molecule has 1 unspecified atom stereocenters. The van der Waals surface area contributed by atoms with Crippen LogP contribution in [0.25, 0.3) is 5.57 Å². The van der Waals surface area contributed by atoms with Gasteiger partial charge in [0, 0.05) is 13.1 Å². The van der Waals surface area contributed by atoms with Crippen molar-refractivity contribution in [3.8, 4) is 0 Å². The molecule has 1 aliphatic rings. The molecule has 0 aliphatic carbocycles. The number of amides is 2. The number of nitrogens with zero attached hydrogens (tertiary/aromatic N) is 1. The summed E-state index contributed by atoms with van der Waals surface area (Å²) in [6.07, 6.45) is 2.96. The van der Waals surface area contributed by atoms with Crippen molar-refractivity contribution in [3.05, 3.63) is 77.6 Å². The summed E-state index contributed by atoms with van der Waals surface area (Å²) >= 11 is 0. The lowest BCUT2D eigenvalue weighted by atomic mass is 10.00. The van der Waals surface area contributed by atoms with E-state index >= 15 is 0 Å². The predicted octanol–water partition coefficient (Wildman–Crippen LogP) is 4.39. The second-order valence-corrected chi connectivity index (χ2v) is 6.01. The van der Waals surface area contributed by atoms with Crippen molar-refractivity contribution in [2.45, 2.75) is 19.4 Å². The highest BCUT2D eigenvalue weighted by Crippen LogP contribution is 2.22. The molecule has 124 valence electrons. The van der Waals surface area contributed by atoms with E-state index in [-0.39, 0.29) is 17.9 Å². The molecule has 1 heterocycles. The lowest BCUT2D eigenvalue weighted by molar-refractivity contribution is 0.200. The standard InChI is InChI=1S/C20H21FN2O/c1-15(16-7-9-19(21)10-8-16)22-20(24)23-13-11-18(12-14-23)17-5-3-2-4-6-17/h2-11,15H,12-14H2,1H3,(H,22,24). The maximum atomic E-state index is 13.0. The summed E-state index contributed by atoms with van der Waals surface area (Å²) in [5.74, 6) is -0.271. The fourth-order valence-corrected chi connectivity index (χ4v) is 2.88. The van der Waals surface area contributed by atoms with Crippen molar-refractivity contribution in [1.82, 2.24) is 10.2 Å². The molecule has 3 rings (SSSR count). The van der Waals surface area contributed by atoms with Gasteiger partial charge < -0.3 is 10.2 Å². The van der Waals surface area contributed by atoms with Crippen LogP contribution in [0.1, 0.15) is 30.5 Å². The molecule has 2 aromatic rings. The number of hydrogen-bond acceptors (Lipinski definition) is 1. The van der Waals surface area contributed by atoms with Gasteiger partial charge in [-0.2, -0.15) is 0 Å². The van der Waals surface area contributed by atoms with Crippen LogP contribution < -0.4 is 5.32 Å². The van der Waals surface area contributed by atoms with E-state index in [0.717, 1.165) is 12.0 Å². The van der Waals surface area contributed by atoms with Crippen LogP contribution in [0, 0.1) is 5.82 Å². The molecule has 1 N–H and O–H groups in total. The minimum absolute atomic E-state index is 0.0878. The minimum Gasteiger partial charge on any atom is -0.331 e. The SMILES string of the molecule is CC(NC(=O)N1CC=C(c2ccccc2)CC1)c1ccc(F)cc1. The Balaban J connectivity index is 1.59. The van der Waals surface area contributed by atoms with Gasteiger partial charge in [0.05, 0.1) is 6.04 Å². The lowest BCUT2D eigenvalue weighted by Gasteiger charge is -2.28. The third kappa shape index (κ3) is 3.82. The van der Waals surface area contributed by atoms with Crippen LogP contribution in [-0.4, -0.2) is 24.0 Å². The van der Waals surface area contributed by atoms with Crippen LogP contribution in [0.3, 0.4) is 0 Å². The molecule has 0 saturated carbocycles. The highest BCUT2D eigenvalue weighted by Gasteiger charge is 2.19. The first-order valence-electron chi connectivity index (χ1n) is 8.19. The Kier molecular flexibility index (Phi) is 4.94. The smallest absolute Gasteiger partial charge is 0.318 e. The molecule has 0 saturated heterocycles. The van der Waals surface area contributed by atoms with Gasteiger partial charge in [0.15, 0.2) is 0 Å². The number of halogens is 1. The topological polar surface area (TPSA) is 32.3 Å². The minimum atomic E-state index is -0.271. The van der Waals surface area contributed by atoms with Gasteiger partial charge in [-0.15, -0.1) is 0 Å². The average molecular weight is 324 g/mol. The van der Waals surface area contributed by atoms with Gasteiger partial charge in [-0.3, -0.25) is 0 Å². The molecule has 3 nitrogen and oxygen atoms in total. The number of urea groups is 1. The zero-order valence-corrected chi connectivity index (χ0v) is 13.7. The Morgan fingerprint density at radius 3 is 2.46 bits per heavy atom. The summed E-state index contributed by atoms with van der Waals surface area (Å²) in [6, 6.07) is 16.2. The molecule has 0 spiro atoms. The second kappa shape index (κ2) is 7.30. The quantitative estimate of drug-likeness (QED) is 0.892. The van der Waals surface area contributed by atoms with E-state index in [1.807, 2.05) is 25.1 Å². The van der Waals surface area contributed by atoms with E-state index in [0.29, 0.717) is 13.1 Å².